The van der Waals surface area contributed by atoms with E-state index in [9.17, 15) is 0 Å². The zero-order valence-corrected chi connectivity index (χ0v) is 11.9. The molecule has 2 rings (SSSR count). The van der Waals surface area contributed by atoms with Crippen molar-refractivity contribution >= 4 is 0 Å². The van der Waals surface area contributed by atoms with Crippen molar-refractivity contribution in [2.75, 3.05) is 0 Å². The Labute approximate surface area is 115 Å². The number of hydrazine groups is 1. The van der Waals surface area contributed by atoms with Crippen molar-refractivity contribution in [3.8, 4) is 0 Å². The lowest BCUT2D eigenvalue weighted by molar-refractivity contribution is 0.633. The molecule has 0 aliphatic carbocycles. The van der Waals surface area contributed by atoms with Crippen LogP contribution in [0.1, 0.15) is 48.1 Å². The topological polar surface area (TPSA) is 38.0 Å². The largest absolute Gasteiger partial charge is 0.271 e. The number of hydrogen-bond acceptors (Lipinski definition) is 2. The Morgan fingerprint density at radius 3 is 2.00 bits per heavy atom. The molecule has 0 bridgehead atoms. The summed E-state index contributed by atoms with van der Waals surface area (Å²) in [6.07, 6.45) is 0. The summed E-state index contributed by atoms with van der Waals surface area (Å²) < 4.78 is 0. The van der Waals surface area contributed by atoms with Crippen LogP contribution in [0.3, 0.4) is 0 Å². The van der Waals surface area contributed by atoms with Gasteiger partial charge in [0.1, 0.15) is 0 Å². The fraction of sp³-hybridized carbons (Fsp3) is 0.294. The van der Waals surface area contributed by atoms with Crippen LogP contribution >= 0.6 is 0 Å². The smallest absolute Gasteiger partial charge is 0.0712 e. The first-order valence-electron chi connectivity index (χ1n) is 6.75. The van der Waals surface area contributed by atoms with Crippen molar-refractivity contribution in [3.63, 3.8) is 0 Å². The third kappa shape index (κ3) is 3.03. The fourth-order valence-corrected chi connectivity index (χ4v) is 2.35. The van der Waals surface area contributed by atoms with Gasteiger partial charge in [0, 0.05) is 0 Å². The lowest BCUT2D eigenvalue weighted by atomic mass is 9.93. The summed E-state index contributed by atoms with van der Waals surface area (Å²) in [6.45, 7) is 6.52. The van der Waals surface area contributed by atoms with E-state index in [1.807, 2.05) is 6.07 Å². The summed E-state index contributed by atoms with van der Waals surface area (Å²) >= 11 is 0. The number of rotatable bonds is 4. The highest BCUT2D eigenvalue weighted by molar-refractivity contribution is 5.38. The first-order chi connectivity index (χ1) is 9.13. The third-order valence-electron chi connectivity index (χ3n) is 3.60. The molecule has 3 N–H and O–H groups in total. The van der Waals surface area contributed by atoms with E-state index in [0.29, 0.717) is 5.92 Å². The van der Waals surface area contributed by atoms with Crippen molar-refractivity contribution in [3.05, 3.63) is 70.8 Å². The summed E-state index contributed by atoms with van der Waals surface area (Å²) in [6, 6.07) is 17.1. The normalized spacial score (nSPS) is 12.7. The Morgan fingerprint density at radius 1 is 0.895 bits per heavy atom. The van der Waals surface area contributed by atoms with E-state index in [4.69, 9.17) is 5.84 Å². The number of nitrogens with two attached hydrogens (primary N) is 1. The van der Waals surface area contributed by atoms with E-state index < -0.39 is 0 Å². The molecule has 0 fully saturated rings. The summed E-state index contributed by atoms with van der Waals surface area (Å²) in [7, 11) is 0. The van der Waals surface area contributed by atoms with Gasteiger partial charge in [-0.05, 0) is 35.1 Å². The zero-order chi connectivity index (χ0) is 13.8. The number of nitrogens with one attached hydrogen (secondary N) is 1. The number of benzene rings is 2. The van der Waals surface area contributed by atoms with Gasteiger partial charge in [-0.3, -0.25) is 5.84 Å². The van der Waals surface area contributed by atoms with Crippen molar-refractivity contribution in [1.29, 1.82) is 0 Å². The Kier molecular flexibility index (Phi) is 4.35. The quantitative estimate of drug-likeness (QED) is 0.645. The molecule has 2 nitrogen and oxygen atoms in total. The molecule has 2 aromatic carbocycles. The van der Waals surface area contributed by atoms with E-state index in [-0.39, 0.29) is 6.04 Å². The van der Waals surface area contributed by atoms with Gasteiger partial charge in [-0.15, -0.1) is 0 Å². The lowest BCUT2D eigenvalue weighted by Crippen LogP contribution is -2.29. The molecule has 0 saturated heterocycles. The standard InChI is InChI=1S/C17H22N2/c1-12(2)14-8-10-15(11-9-14)17(19-18)16-7-5-4-6-13(16)3/h4-12,17,19H,18H2,1-3H3. The maximum Gasteiger partial charge on any atom is 0.0712 e. The van der Waals surface area contributed by atoms with Gasteiger partial charge in [0.2, 0.25) is 0 Å². The molecule has 0 aromatic heterocycles. The first kappa shape index (κ1) is 13.8. The SMILES string of the molecule is Cc1ccccc1C(NN)c1ccc(C(C)C)cc1. The maximum absolute atomic E-state index is 5.75. The fourth-order valence-electron chi connectivity index (χ4n) is 2.35. The van der Waals surface area contributed by atoms with Crippen molar-refractivity contribution in [2.45, 2.75) is 32.7 Å². The molecular weight excluding hydrogens is 232 g/mol. The second kappa shape index (κ2) is 6.00. The Bertz CT molecular complexity index is 529. The first-order valence-corrected chi connectivity index (χ1v) is 6.75. The van der Waals surface area contributed by atoms with E-state index in [1.165, 1.54) is 22.3 Å². The Morgan fingerprint density at radius 2 is 1.47 bits per heavy atom. The van der Waals surface area contributed by atoms with Crippen LogP contribution in [0.5, 0.6) is 0 Å². The highest BCUT2D eigenvalue weighted by Gasteiger charge is 2.14. The van der Waals surface area contributed by atoms with Crippen molar-refractivity contribution in [1.82, 2.24) is 5.43 Å². The molecule has 0 heterocycles. The van der Waals surface area contributed by atoms with Crippen LogP contribution in [0.4, 0.5) is 0 Å². The van der Waals surface area contributed by atoms with Crippen LogP contribution in [0.15, 0.2) is 48.5 Å². The molecule has 2 heteroatoms. The average molecular weight is 254 g/mol. The maximum atomic E-state index is 5.75. The van der Waals surface area contributed by atoms with Crippen LogP contribution in [-0.4, -0.2) is 0 Å². The van der Waals surface area contributed by atoms with E-state index >= 15 is 0 Å². The molecular formula is C17H22N2. The second-order valence-electron chi connectivity index (χ2n) is 5.28. The van der Waals surface area contributed by atoms with Crippen molar-refractivity contribution < 1.29 is 0 Å². The molecule has 1 atom stereocenters. The van der Waals surface area contributed by atoms with Crippen LogP contribution < -0.4 is 11.3 Å². The van der Waals surface area contributed by atoms with Crippen LogP contribution in [0.25, 0.3) is 0 Å². The van der Waals surface area contributed by atoms with E-state index in [2.05, 4.69) is 68.7 Å². The summed E-state index contributed by atoms with van der Waals surface area (Å²) in [5, 5.41) is 0. The van der Waals surface area contributed by atoms with Gasteiger partial charge in [-0.25, -0.2) is 5.43 Å². The molecule has 0 amide bonds. The second-order valence-corrected chi connectivity index (χ2v) is 5.28. The third-order valence-corrected chi connectivity index (χ3v) is 3.60. The minimum absolute atomic E-state index is 0.0439. The predicted octanol–water partition coefficient (Wildman–Crippen LogP) is 3.67. The van der Waals surface area contributed by atoms with Gasteiger partial charge in [-0.1, -0.05) is 62.4 Å². The van der Waals surface area contributed by atoms with Crippen LogP contribution in [-0.2, 0) is 0 Å². The molecule has 0 spiro atoms. The van der Waals surface area contributed by atoms with E-state index in [1.54, 1.807) is 0 Å². The monoisotopic (exact) mass is 254 g/mol. The highest BCUT2D eigenvalue weighted by atomic mass is 15.2. The molecule has 1 unspecified atom stereocenters. The average Bonchev–Trinajstić information content (AvgIpc) is 2.42. The molecule has 100 valence electrons. The van der Waals surface area contributed by atoms with Gasteiger partial charge < -0.3 is 0 Å². The Hall–Kier alpha value is -1.64. The van der Waals surface area contributed by atoms with Crippen LogP contribution in [0, 0.1) is 6.92 Å². The lowest BCUT2D eigenvalue weighted by Gasteiger charge is -2.19. The van der Waals surface area contributed by atoms with Gasteiger partial charge in [0.15, 0.2) is 0 Å². The summed E-state index contributed by atoms with van der Waals surface area (Å²) in [4.78, 5) is 0. The molecule has 0 aliphatic rings. The number of aryl methyl sites for hydroxylation is 1. The number of hydrogen-bond donors (Lipinski definition) is 2. The molecule has 2 aromatic rings. The minimum Gasteiger partial charge on any atom is -0.271 e. The zero-order valence-electron chi connectivity index (χ0n) is 11.9. The molecule has 0 aliphatic heterocycles. The van der Waals surface area contributed by atoms with Crippen molar-refractivity contribution in [2.24, 2.45) is 5.84 Å². The molecule has 0 saturated carbocycles. The summed E-state index contributed by atoms with van der Waals surface area (Å²) in [5.41, 5.74) is 7.94. The van der Waals surface area contributed by atoms with Gasteiger partial charge in [-0.2, -0.15) is 0 Å². The predicted molar refractivity (Wildman–Crippen MR) is 80.9 cm³/mol. The summed E-state index contributed by atoms with van der Waals surface area (Å²) in [5.74, 6) is 6.31. The van der Waals surface area contributed by atoms with Crippen LogP contribution in [0.2, 0.25) is 0 Å². The Balaban J connectivity index is 2.35. The minimum atomic E-state index is 0.0439. The highest BCUT2D eigenvalue weighted by Crippen LogP contribution is 2.25. The van der Waals surface area contributed by atoms with E-state index in [0.717, 1.165) is 0 Å². The van der Waals surface area contributed by atoms with Gasteiger partial charge >= 0.3 is 0 Å². The molecule has 19 heavy (non-hydrogen) atoms. The molecule has 0 radical (unpaired) electrons. The van der Waals surface area contributed by atoms with Gasteiger partial charge in [0.25, 0.3) is 0 Å². The van der Waals surface area contributed by atoms with Gasteiger partial charge in [0.05, 0.1) is 6.04 Å².